The third kappa shape index (κ3) is 4.90. The summed E-state index contributed by atoms with van der Waals surface area (Å²) < 4.78 is 7.05. The number of methoxy groups -OCH3 is 1. The molecular formula is C23H29N3O2. The van der Waals surface area contributed by atoms with Gasteiger partial charge in [-0.1, -0.05) is 32.9 Å². The van der Waals surface area contributed by atoms with E-state index in [1.54, 1.807) is 13.2 Å². The van der Waals surface area contributed by atoms with Gasteiger partial charge in [0, 0.05) is 30.7 Å². The third-order valence-electron chi connectivity index (χ3n) is 4.72. The summed E-state index contributed by atoms with van der Waals surface area (Å²) in [5.74, 6) is -0.390. The monoisotopic (exact) mass is 379 g/mol. The average Bonchev–Trinajstić information content (AvgIpc) is 2.92. The fourth-order valence-corrected chi connectivity index (χ4v) is 3.11. The van der Waals surface area contributed by atoms with Crippen LogP contribution in [0.5, 0.6) is 0 Å². The Kier molecular flexibility index (Phi) is 6.82. The molecule has 0 unspecified atom stereocenters. The zero-order valence-corrected chi connectivity index (χ0v) is 17.6. The van der Waals surface area contributed by atoms with Crippen molar-refractivity contribution in [1.82, 2.24) is 9.88 Å². The van der Waals surface area contributed by atoms with Gasteiger partial charge in [0.2, 0.25) is 0 Å². The molecule has 0 aliphatic rings. The molecule has 0 atom stereocenters. The molecule has 1 amide bonds. The van der Waals surface area contributed by atoms with Crippen LogP contribution < -0.4 is 5.32 Å². The summed E-state index contributed by atoms with van der Waals surface area (Å²) in [6.45, 7) is 11.4. The summed E-state index contributed by atoms with van der Waals surface area (Å²) in [6.07, 6.45) is 1.64. The Balaban J connectivity index is 2.35. The molecule has 0 spiro atoms. The summed E-state index contributed by atoms with van der Waals surface area (Å²) >= 11 is 0. The second-order valence-electron chi connectivity index (χ2n) is 7.88. The topological polar surface area (TPSA) is 67.0 Å². The van der Waals surface area contributed by atoms with Crippen LogP contribution in [-0.4, -0.2) is 30.7 Å². The molecule has 1 N–H and O–H groups in total. The Labute approximate surface area is 167 Å². The molecule has 0 saturated heterocycles. The van der Waals surface area contributed by atoms with Gasteiger partial charge in [-0.15, -0.1) is 0 Å². The minimum absolute atomic E-state index is 0.0828. The van der Waals surface area contributed by atoms with Crippen LogP contribution in [0, 0.1) is 25.2 Å². The highest BCUT2D eigenvalue weighted by Crippen LogP contribution is 2.26. The highest BCUT2D eigenvalue weighted by Gasteiger charge is 2.16. The molecule has 1 aromatic heterocycles. The number of ether oxygens (including phenoxy) is 1. The molecule has 0 saturated carbocycles. The van der Waals surface area contributed by atoms with Gasteiger partial charge in [0.05, 0.1) is 6.61 Å². The summed E-state index contributed by atoms with van der Waals surface area (Å²) in [5.41, 5.74) is 5.41. The fraction of sp³-hybridized carbons (Fsp3) is 0.391. The molecule has 5 heteroatoms. The van der Waals surface area contributed by atoms with Crippen LogP contribution in [0.25, 0.3) is 11.8 Å². The highest BCUT2D eigenvalue weighted by atomic mass is 16.5. The van der Waals surface area contributed by atoms with E-state index in [1.807, 2.05) is 26.0 Å². The van der Waals surface area contributed by atoms with E-state index in [0.717, 1.165) is 22.6 Å². The van der Waals surface area contributed by atoms with Crippen molar-refractivity contribution in [3.63, 3.8) is 0 Å². The Morgan fingerprint density at radius 1 is 1.25 bits per heavy atom. The summed E-state index contributed by atoms with van der Waals surface area (Å²) in [4.78, 5) is 12.2. The van der Waals surface area contributed by atoms with Crippen molar-refractivity contribution in [3.05, 3.63) is 58.4 Å². The number of carbonyl (C=O) groups is 1. The molecule has 28 heavy (non-hydrogen) atoms. The van der Waals surface area contributed by atoms with Gasteiger partial charge in [-0.25, -0.2) is 0 Å². The predicted octanol–water partition coefficient (Wildman–Crippen LogP) is 4.06. The SMILES string of the molecule is COCCNC(=O)/C(C#N)=C/c1cc(C)n(-c2ccc(C(C)(C)C)cc2)c1C. The number of aryl methyl sites for hydroxylation is 1. The van der Waals surface area contributed by atoms with Gasteiger partial charge in [0.25, 0.3) is 5.91 Å². The Morgan fingerprint density at radius 3 is 2.43 bits per heavy atom. The van der Waals surface area contributed by atoms with Crippen LogP contribution in [0.15, 0.2) is 35.9 Å². The van der Waals surface area contributed by atoms with Crippen LogP contribution in [0.2, 0.25) is 0 Å². The van der Waals surface area contributed by atoms with Gasteiger partial charge >= 0.3 is 0 Å². The van der Waals surface area contributed by atoms with Crippen molar-refractivity contribution >= 4 is 12.0 Å². The fourth-order valence-electron chi connectivity index (χ4n) is 3.11. The first-order valence-corrected chi connectivity index (χ1v) is 9.38. The van der Waals surface area contributed by atoms with E-state index in [2.05, 4.69) is 54.9 Å². The molecule has 0 aliphatic carbocycles. The Morgan fingerprint density at radius 2 is 1.89 bits per heavy atom. The molecule has 1 heterocycles. The maximum Gasteiger partial charge on any atom is 0.262 e. The number of rotatable bonds is 6. The van der Waals surface area contributed by atoms with E-state index >= 15 is 0 Å². The zero-order valence-electron chi connectivity index (χ0n) is 17.6. The molecule has 1 aromatic carbocycles. The molecule has 2 aromatic rings. The van der Waals surface area contributed by atoms with Crippen LogP contribution in [0.3, 0.4) is 0 Å². The molecule has 2 rings (SSSR count). The number of nitrogens with zero attached hydrogens (tertiary/aromatic N) is 2. The lowest BCUT2D eigenvalue weighted by Crippen LogP contribution is -2.27. The third-order valence-corrected chi connectivity index (χ3v) is 4.72. The van der Waals surface area contributed by atoms with Crippen LogP contribution in [0.1, 0.15) is 43.3 Å². The lowest BCUT2D eigenvalue weighted by atomic mass is 9.87. The largest absolute Gasteiger partial charge is 0.383 e. The Hall–Kier alpha value is -2.84. The number of aromatic nitrogens is 1. The van der Waals surface area contributed by atoms with Crippen molar-refractivity contribution in [3.8, 4) is 11.8 Å². The second-order valence-corrected chi connectivity index (χ2v) is 7.88. The van der Waals surface area contributed by atoms with Crippen molar-refractivity contribution in [2.75, 3.05) is 20.3 Å². The first-order chi connectivity index (χ1) is 13.2. The van der Waals surface area contributed by atoms with Gasteiger partial charge in [-0.2, -0.15) is 5.26 Å². The van der Waals surface area contributed by atoms with E-state index < -0.39 is 0 Å². The maximum absolute atomic E-state index is 12.2. The normalized spacial score (nSPS) is 12.0. The first-order valence-electron chi connectivity index (χ1n) is 9.38. The van der Waals surface area contributed by atoms with Gasteiger partial charge < -0.3 is 14.6 Å². The minimum Gasteiger partial charge on any atom is -0.383 e. The molecule has 148 valence electrons. The number of hydrogen-bond acceptors (Lipinski definition) is 3. The van der Waals surface area contributed by atoms with Gasteiger partial charge in [-0.3, -0.25) is 4.79 Å². The van der Waals surface area contributed by atoms with E-state index in [0.29, 0.717) is 13.2 Å². The lowest BCUT2D eigenvalue weighted by molar-refractivity contribution is -0.117. The van der Waals surface area contributed by atoms with E-state index in [-0.39, 0.29) is 16.9 Å². The second kappa shape index (κ2) is 8.90. The van der Waals surface area contributed by atoms with Crippen molar-refractivity contribution in [2.24, 2.45) is 0 Å². The van der Waals surface area contributed by atoms with E-state index in [4.69, 9.17) is 4.74 Å². The van der Waals surface area contributed by atoms with Crippen molar-refractivity contribution in [2.45, 2.75) is 40.0 Å². The summed E-state index contributed by atoms with van der Waals surface area (Å²) in [7, 11) is 1.57. The standard InChI is InChI=1S/C23H29N3O2/c1-16-13-18(14-19(15-24)22(27)25-11-12-28-6)17(2)26(16)21-9-7-20(8-10-21)23(3,4)5/h7-10,13-14H,11-12H2,1-6H3,(H,25,27)/b19-14+. The Bertz CT molecular complexity index is 907. The van der Waals surface area contributed by atoms with Gasteiger partial charge in [-0.05, 0) is 54.7 Å². The first kappa shape index (κ1) is 21.5. The molecule has 0 aliphatic heterocycles. The number of benzene rings is 1. The highest BCUT2D eigenvalue weighted by molar-refractivity contribution is 6.01. The van der Waals surface area contributed by atoms with Crippen molar-refractivity contribution < 1.29 is 9.53 Å². The van der Waals surface area contributed by atoms with Gasteiger partial charge in [0.1, 0.15) is 11.6 Å². The molecular weight excluding hydrogens is 350 g/mol. The predicted molar refractivity (Wildman–Crippen MR) is 112 cm³/mol. The van der Waals surface area contributed by atoms with E-state index in [9.17, 15) is 10.1 Å². The lowest BCUT2D eigenvalue weighted by Gasteiger charge is -2.20. The number of amides is 1. The van der Waals surface area contributed by atoms with Crippen LogP contribution in [-0.2, 0) is 14.9 Å². The molecule has 0 bridgehead atoms. The smallest absolute Gasteiger partial charge is 0.262 e. The molecule has 0 fully saturated rings. The van der Waals surface area contributed by atoms with E-state index in [1.165, 1.54) is 5.56 Å². The number of hydrogen-bond donors (Lipinski definition) is 1. The number of nitriles is 1. The van der Waals surface area contributed by atoms with Gasteiger partial charge in [0.15, 0.2) is 0 Å². The summed E-state index contributed by atoms with van der Waals surface area (Å²) in [5, 5.41) is 12.1. The minimum atomic E-state index is -0.390. The molecule has 0 radical (unpaired) electrons. The molecule has 5 nitrogen and oxygen atoms in total. The van der Waals surface area contributed by atoms with Crippen molar-refractivity contribution in [1.29, 1.82) is 5.26 Å². The number of carbonyl (C=O) groups excluding carboxylic acids is 1. The number of nitrogens with one attached hydrogen (secondary N) is 1. The quantitative estimate of drug-likeness (QED) is 0.467. The van der Waals surface area contributed by atoms with Crippen LogP contribution >= 0.6 is 0 Å². The average molecular weight is 380 g/mol. The zero-order chi connectivity index (χ0) is 20.9. The maximum atomic E-state index is 12.2. The van der Waals surface area contributed by atoms with Crippen LogP contribution in [0.4, 0.5) is 0 Å². The summed E-state index contributed by atoms with van der Waals surface area (Å²) in [6, 6.07) is 12.5.